The summed E-state index contributed by atoms with van der Waals surface area (Å²) >= 11 is 0. The summed E-state index contributed by atoms with van der Waals surface area (Å²) < 4.78 is 5.15. The van der Waals surface area contributed by atoms with Gasteiger partial charge in [0.1, 0.15) is 11.6 Å². The molecular weight excluding hydrogens is 975 g/mol. The number of anilines is 7. The van der Waals surface area contributed by atoms with Crippen LogP contribution in [0, 0.1) is 0 Å². The largest absolute Gasteiger partial charge is 0.497 e. The predicted octanol–water partition coefficient (Wildman–Crippen LogP) is 18.1. The second-order valence-corrected chi connectivity index (χ2v) is 19.5. The number of pyridine rings is 1. The Morgan fingerprint density at radius 3 is 1.24 bits per heavy atom. The van der Waals surface area contributed by atoms with Crippen LogP contribution in [0.2, 0.25) is 0 Å². The van der Waals surface area contributed by atoms with Crippen LogP contribution in [-0.4, -0.2) is 18.1 Å². The van der Waals surface area contributed by atoms with Gasteiger partial charge in [0.2, 0.25) is 0 Å². The van der Waals surface area contributed by atoms with Crippen LogP contribution < -0.4 is 36.4 Å². The first-order valence-electron chi connectivity index (χ1n) is 27.0. The van der Waals surface area contributed by atoms with Crippen LogP contribution in [-0.2, 0) is 0 Å². The number of methoxy groups -OCH3 is 1. The number of fused-ring (bicyclic) bond motifs is 5. The lowest BCUT2D eigenvalue weighted by Crippen LogP contribution is -2.32. The fourth-order valence-corrected chi connectivity index (χ4v) is 9.75. The fourth-order valence-electron chi connectivity index (χ4n) is 9.75. The van der Waals surface area contributed by atoms with Crippen molar-refractivity contribution in [2.75, 3.05) is 28.4 Å². The zero-order chi connectivity index (χ0) is 54.1. The van der Waals surface area contributed by atoms with Gasteiger partial charge in [0.15, 0.2) is 0 Å². The summed E-state index contributed by atoms with van der Waals surface area (Å²) in [5.74, 6) is 1.73. The minimum Gasteiger partial charge on any atom is -0.497 e. The van der Waals surface area contributed by atoms with Crippen LogP contribution in [0.3, 0.4) is 0 Å². The number of nitrogens with one attached hydrogen (secondary N) is 4. The van der Waals surface area contributed by atoms with Crippen molar-refractivity contribution in [2.45, 2.75) is 12.5 Å². The highest BCUT2D eigenvalue weighted by molar-refractivity contribution is 5.89. The van der Waals surface area contributed by atoms with Crippen LogP contribution in [0.4, 0.5) is 39.9 Å². The molecule has 13 aromatic rings. The average molecular weight is 1040 g/mol. The number of nitrogens with zero attached hydrogens (tertiary/aromatic N) is 1. The van der Waals surface area contributed by atoms with Gasteiger partial charge in [0.25, 0.3) is 0 Å². The molecule has 12 aromatic carbocycles. The van der Waals surface area contributed by atoms with Crippen LogP contribution in [0.1, 0.15) is 6.42 Å². The number of ether oxygens (including phenoxy) is 1. The van der Waals surface area contributed by atoms with Crippen molar-refractivity contribution >= 4 is 95.2 Å². The van der Waals surface area contributed by atoms with E-state index in [0.717, 1.165) is 46.4 Å². The van der Waals surface area contributed by atoms with Crippen molar-refractivity contribution in [1.29, 1.82) is 0 Å². The van der Waals surface area contributed by atoms with Gasteiger partial charge in [-0.05, 0) is 168 Å². The third-order valence-electron chi connectivity index (χ3n) is 13.9. The van der Waals surface area contributed by atoms with E-state index in [0.29, 0.717) is 6.04 Å². The maximum Gasteiger partial charge on any atom is 0.130 e. The van der Waals surface area contributed by atoms with Crippen molar-refractivity contribution in [2.24, 2.45) is 0 Å². The zero-order valence-electron chi connectivity index (χ0n) is 44.6. The van der Waals surface area contributed by atoms with Gasteiger partial charge in [-0.15, -0.1) is 0 Å². The van der Waals surface area contributed by atoms with Crippen molar-refractivity contribution in [1.82, 2.24) is 4.98 Å². The van der Waals surface area contributed by atoms with Crippen LogP contribution >= 0.6 is 0 Å². The smallest absolute Gasteiger partial charge is 0.130 e. The normalized spacial score (nSPS) is 12.1. The summed E-state index contributed by atoms with van der Waals surface area (Å²) in [5, 5.41) is 26.5. The fraction of sp³-hybridized carbons (Fsp3) is 0.0405. The molecule has 14 rings (SSSR count). The third kappa shape index (κ3) is 13.8. The van der Waals surface area contributed by atoms with Gasteiger partial charge in [-0.25, -0.2) is 4.98 Å². The molecule has 80 heavy (non-hydrogen) atoms. The lowest BCUT2D eigenvalue weighted by atomic mass is 10.0. The third-order valence-corrected chi connectivity index (χ3v) is 13.9. The average Bonchev–Trinajstić information content (AvgIpc) is 3.52. The molecule has 0 saturated heterocycles. The standard InChI is InChI=1S/C22H17N.C20H17N.C17H15NO.C15H12N2/c1-2-6-17(7-3-1)19-10-13-21(14-11-19)23-22-15-12-18-8-4-5-9-20(18)16-22;1-3-7-17-13-19(11-9-15(17)5-1)21-20-12-10-16-6-2-4-8-18(16)14-20;1-19-17-10-8-15(9-11-17)18-16-7-6-13-4-2-3-5-14(13)12-16;1-2-6-13-11-14(9-8-12(13)5-1)17-15-7-3-4-10-16-15/h1-16,23H;1-11,13-14,20-21H,12H2;2-12,18H,1H3;1-11H,(H,16,17). The molecule has 1 aromatic heterocycles. The Balaban J connectivity index is 0.000000113. The first-order chi connectivity index (χ1) is 39.5. The van der Waals surface area contributed by atoms with Gasteiger partial charge in [-0.1, -0.05) is 206 Å². The predicted molar refractivity (Wildman–Crippen MR) is 341 cm³/mol. The van der Waals surface area contributed by atoms with E-state index in [9.17, 15) is 0 Å². The molecule has 0 fully saturated rings. The Hall–Kier alpha value is -10.4. The highest BCUT2D eigenvalue weighted by Crippen LogP contribution is 2.28. The van der Waals surface area contributed by atoms with Gasteiger partial charge < -0.3 is 26.0 Å². The molecule has 1 unspecified atom stereocenters. The summed E-state index contributed by atoms with van der Waals surface area (Å²) in [6.45, 7) is 0. The lowest BCUT2D eigenvalue weighted by Gasteiger charge is -2.17. The van der Waals surface area contributed by atoms with Crippen LogP contribution in [0.25, 0.3) is 66.4 Å². The monoisotopic (exact) mass is 1040 g/mol. The van der Waals surface area contributed by atoms with Crippen molar-refractivity contribution in [3.8, 4) is 16.9 Å². The summed E-state index contributed by atoms with van der Waals surface area (Å²) in [7, 11) is 1.67. The topological polar surface area (TPSA) is 70.2 Å². The Bertz CT molecular complexity index is 4260. The molecule has 0 aliphatic heterocycles. The minimum atomic E-state index is 0.362. The second kappa shape index (κ2) is 25.6. The number of benzene rings is 12. The van der Waals surface area contributed by atoms with E-state index in [1.54, 1.807) is 13.3 Å². The molecule has 6 heteroatoms. The van der Waals surface area contributed by atoms with E-state index in [4.69, 9.17) is 4.74 Å². The number of rotatable bonds is 10. The Labute approximate surface area is 468 Å². The molecule has 0 spiro atoms. The number of hydrogen-bond donors (Lipinski definition) is 4. The quantitative estimate of drug-likeness (QED) is 0.109. The molecule has 388 valence electrons. The Morgan fingerprint density at radius 2 is 0.738 bits per heavy atom. The molecule has 0 amide bonds. The Kier molecular flexibility index (Phi) is 16.5. The van der Waals surface area contributed by atoms with E-state index in [1.807, 2.05) is 60.7 Å². The van der Waals surface area contributed by atoms with Crippen molar-refractivity contribution < 1.29 is 4.74 Å². The van der Waals surface area contributed by atoms with Gasteiger partial charge in [-0.2, -0.15) is 0 Å². The summed E-state index contributed by atoms with van der Waals surface area (Å²) in [6.07, 6.45) is 7.45. The zero-order valence-corrected chi connectivity index (χ0v) is 44.6. The molecule has 4 N–H and O–H groups in total. The highest BCUT2D eigenvalue weighted by Gasteiger charge is 2.08. The van der Waals surface area contributed by atoms with E-state index in [2.05, 4.69) is 269 Å². The molecule has 0 bridgehead atoms. The molecule has 0 radical (unpaired) electrons. The number of aromatic nitrogens is 1. The molecule has 0 saturated carbocycles. The summed E-state index contributed by atoms with van der Waals surface area (Å²) in [5.41, 5.74) is 9.06. The van der Waals surface area contributed by atoms with Crippen LogP contribution in [0.5, 0.6) is 5.75 Å². The SMILES string of the molecule is C1=c2ccccc2=CC(Nc2ccc3ccccc3c2)C1.COc1ccc(Nc2ccc3ccccc3c2)cc1.c1ccc(-c2ccc(Nc3ccc4ccccc4c3)cc2)cc1.c1ccc(Nc2ccc3ccccc3c2)nc1. The molecule has 6 nitrogen and oxygen atoms in total. The first-order valence-corrected chi connectivity index (χ1v) is 27.0. The van der Waals surface area contributed by atoms with E-state index < -0.39 is 0 Å². The molecule has 1 aliphatic rings. The van der Waals surface area contributed by atoms with Gasteiger partial charge >= 0.3 is 0 Å². The molecule has 1 heterocycles. The Morgan fingerprint density at radius 1 is 0.338 bits per heavy atom. The molecular formula is C74H61N5O. The van der Waals surface area contributed by atoms with Gasteiger partial charge in [0.05, 0.1) is 7.11 Å². The highest BCUT2D eigenvalue weighted by atomic mass is 16.5. The lowest BCUT2D eigenvalue weighted by molar-refractivity contribution is 0.415. The summed E-state index contributed by atoms with van der Waals surface area (Å²) in [6, 6.07) is 101. The van der Waals surface area contributed by atoms with E-state index in [1.165, 1.54) is 70.3 Å². The second-order valence-electron chi connectivity index (χ2n) is 19.5. The van der Waals surface area contributed by atoms with Gasteiger partial charge in [-0.3, -0.25) is 0 Å². The maximum atomic E-state index is 5.15. The van der Waals surface area contributed by atoms with Crippen molar-refractivity contribution in [3.63, 3.8) is 0 Å². The molecule has 1 aliphatic carbocycles. The van der Waals surface area contributed by atoms with Crippen LogP contribution in [0.15, 0.2) is 297 Å². The summed E-state index contributed by atoms with van der Waals surface area (Å²) in [4.78, 5) is 4.24. The first kappa shape index (κ1) is 51.7. The maximum absolute atomic E-state index is 5.15. The van der Waals surface area contributed by atoms with Crippen molar-refractivity contribution in [3.05, 3.63) is 308 Å². The molecule has 1 atom stereocenters. The van der Waals surface area contributed by atoms with E-state index >= 15 is 0 Å². The van der Waals surface area contributed by atoms with E-state index in [-0.39, 0.29) is 0 Å². The minimum absolute atomic E-state index is 0.362. The van der Waals surface area contributed by atoms with Gasteiger partial charge in [0, 0.05) is 46.4 Å². The number of hydrogen-bond acceptors (Lipinski definition) is 6.